The summed E-state index contributed by atoms with van der Waals surface area (Å²) in [6.45, 7) is 10.1. The van der Waals surface area contributed by atoms with Gasteiger partial charge in [0, 0.05) is 38.3 Å². The number of halogens is 1. The molecule has 0 unspecified atom stereocenters. The lowest BCUT2D eigenvalue weighted by atomic mass is 10.0. The molecule has 0 aliphatic carbocycles. The number of thiophene rings is 1. The third kappa shape index (κ3) is 8.22. The Morgan fingerprint density at radius 2 is 2.07 bits per heavy atom. The number of rotatable bonds is 8. The van der Waals surface area contributed by atoms with Crippen LogP contribution in [-0.2, 0) is 10.0 Å². The number of hydrogen-bond donors (Lipinski definition) is 3. The fourth-order valence-electron chi connectivity index (χ4n) is 2.91. The molecule has 2 heterocycles. The van der Waals surface area contributed by atoms with E-state index in [2.05, 4.69) is 39.1 Å². The van der Waals surface area contributed by atoms with Crippen LogP contribution in [-0.4, -0.2) is 64.1 Å². The quantitative estimate of drug-likeness (QED) is 0.208. The zero-order chi connectivity index (χ0) is 19.0. The number of guanidine groups is 1. The van der Waals surface area contributed by atoms with Crippen molar-refractivity contribution in [3.63, 3.8) is 0 Å². The molecule has 0 atom stereocenters. The Hall–Kier alpha value is -0.430. The highest BCUT2D eigenvalue weighted by atomic mass is 127. The Bertz CT molecular complexity index is 657. The van der Waals surface area contributed by atoms with Gasteiger partial charge in [-0.1, -0.05) is 6.07 Å². The third-order valence-corrected chi connectivity index (χ3v) is 7.24. The lowest BCUT2D eigenvalue weighted by Gasteiger charge is -2.35. The monoisotopic (exact) mass is 529 g/mol. The van der Waals surface area contributed by atoms with E-state index in [0.29, 0.717) is 22.8 Å². The first-order valence-electron chi connectivity index (χ1n) is 9.24. The molecular weight excluding hydrogens is 497 g/mol. The number of piperidine rings is 1. The van der Waals surface area contributed by atoms with Crippen LogP contribution in [0, 0.1) is 0 Å². The smallest absolute Gasteiger partial charge is 0.250 e. The maximum atomic E-state index is 12.1. The summed E-state index contributed by atoms with van der Waals surface area (Å²) in [5.74, 6) is 0.755. The van der Waals surface area contributed by atoms with E-state index in [1.54, 1.807) is 17.5 Å². The van der Waals surface area contributed by atoms with Crippen molar-refractivity contribution in [1.82, 2.24) is 20.3 Å². The Morgan fingerprint density at radius 3 is 2.63 bits per heavy atom. The molecule has 1 aromatic heterocycles. The fourth-order valence-corrected chi connectivity index (χ4v) is 4.97. The van der Waals surface area contributed by atoms with E-state index in [-0.39, 0.29) is 30.5 Å². The van der Waals surface area contributed by atoms with Crippen molar-refractivity contribution in [3.8, 4) is 0 Å². The molecule has 1 aliphatic heterocycles. The van der Waals surface area contributed by atoms with Gasteiger partial charge in [0.25, 0.3) is 0 Å². The molecule has 0 aromatic carbocycles. The highest BCUT2D eigenvalue weighted by Gasteiger charge is 2.21. The van der Waals surface area contributed by atoms with Crippen LogP contribution in [0.15, 0.2) is 26.7 Å². The highest BCUT2D eigenvalue weighted by Crippen LogP contribution is 2.15. The van der Waals surface area contributed by atoms with Crippen molar-refractivity contribution in [2.45, 2.75) is 49.9 Å². The third-order valence-electron chi connectivity index (χ3n) is 4.38. The van der Waals surface area contributed by atoms with Crippen LogP contribution in [0.3, 0.4) is 0 Å². The molecule has 7 nitrogen and oxygen atoms in total. The number of nitrogens with zero attached hydrogens (tertiary/aromatic N) is 2. The number of aliphatic imine (C=N–C) groups is 1. The Labute approximate surface area is 184 Å². The van der Waals surface area contributed by atoms with E-state index in [0.717, 1.165) is 38.4 Å². The standard InChI is InChI=1S/C17H31N5O2S2.HI/c1-4-18-17(21-15-7-11-22(12-8-15)14(2)3)19-9-10-20-26(23,24)16-6-5-13-25-16;/h5-6,13-15,20H,4,7-12H2,1-3H3,(H2,18,19,21);1H. The summed E-state index contributed by atoms with van der Waals surface area (Å²) < 4.78 is 27.1. The largest absolute Gasteiger partial charge is 0.357 e. The van der Waals surface area contributed by atoms with E-state index in [1.165, 1.54) is 11.3 Å². The number of nitrogens with one attached hydrogen (secondary N) is 3. The highest BCUT2D eigenvalue weighted by molar-refractivity contribution is 14.0. The first kappa shape index (κ1) is 24.6. The summed E-state index contributed by atoms with van der Waals surface area (Å²) >= 11 is 1.21. The van der Waals surface area contributed by atoms with Crippen molar-refractivity contribution in [1.29, 1.82) is 0 Å². The maximum Gasteiger partial charge on any atom is 0.250 e. The molecule has 1 aliphatic rings. The zero-order valence-electron chi connectivity index (χ0n) is 16.3. The summed E-state index contributed by atoms with van der Waals surface area (Å²) in [5.41, 5.74) is 0. The van der Waals surface area contributed by atoms with Gasteiger partial charge in [-0.3, -0.25) is 4.99 Å². The summed E-state index contributed by atoms with van der Waals surface area (Å²) in [6.07, 6.45) is 2.18. The van der Waals surface area contributed by atoms with E-state index in [4.69, 9.17) is 0 Å². The summed E-state index contributed by atoms with van der Waals surface area (Å²) in [7, 11) is -3.42. The van der Waals surface area contributed by atoms with Crippen LogP contribution < -0.4 is 15.4 Å². The number of likely N-dealkylation sites (tertiary alicyclic amines) is 1. The predicted molar refractivity (Wildman–Crippen MR) is 124 cm³/mol. The van der Waals surface area contributed by atoms with Gasteiger partial charge in [0.1, 0.15) is 4.21 Å². The molecular formula is C17H32IN5O2S2. The second-order valence-electron chi connectivity index (χ2n) is 6.64. The average molecular weight is 530 g/mol. The number of sulfonamides is 1. The molecule has 10 heteroatoms. The Morgan fingerprint density at radius 1 is 1.37 bits per heavy atom. The molecule has 27 heavy (non-hydrogen) atoms. The van der Waals surface area contributed by atoms with Crippen molar-refractivity contribution in [2.24, 2.45) is 4.99 Å². The molecule has 0 spiro atoms. The minimum Gasteiger partial charge on any atom is -0.357 e. The summed E-state index contributed by atoms with van der Waals surface area (Å²) in [6, 6.07) is 4.33. The van der Waals surface area contributed by atoms with Gasteiger partial charge in [-0.25, -0.2) is 13.1 Å². The first-order chi connectivity index (χ1) is 12.4. The molecule has 3 N–H and O–H groups in total. The Balaban J connectivity index is 0.00000364. The van der Waals surface area contributed by atoms with Crippen LogP contribution in [0.5, 0.6) is 0 Å². The SMILES string of the molecule is CCNC(=NCCNS(=O)(=O)c1cccs1)NC1CCN(C(C)C)CC1.I. The van der Waals surface area contributed by atoms with Gasteiger partial charge in [0.15, 0.2) is 5.96 Å². The van der Waals surface area contributed by atoms with Gasteiger partial charge in [-0.2, -0.15) is 0 Å². The topological polar surface area (TPSA) is 85.8 Å². The molecule has 0 radical (unpaired) electrons. The van der Waals surface area contributed by atoms with E-state index in [1.807, 2.05) is 6.92 Å². The lowest BCUT2D eigenvalue weighted by molar-refractivity contribution is 0.167. The van der Waals surface area contributed by atoms with Crippen molar-refractivity contribution in [2.75, 3.05) is 32.7 Å². The van der Waals surface area contributed by atoms with Crippen molar-refractivity contribution in [3.05, 3.63) is 17.5 Å². The normalized spacial score (nSPS) is 17.0. The van der Waals surface area contributed by atoms with Crippen molar-refractivity contribution >= 4 is 51.3 Å². The average Bonchev–Trinajstić information content (AvgIpc) is 3.15. The second-order valence-corrected chi connectivity index (χ2v) is 9.58. The molecule has 156 valence electrons. The van der Waals surface area contributed by atoms with Crippen LogP contribution in [0.4, 0.5) is 0 Å². The lowest BCUT2D eigenvalue weighted by Crippen LogP contribution is -2.50. The van der Waals surface area contributed by atoms with E-state index in [9.17, 15) is 8.42 Å². The minimum absolute atomic E-state index is 0. The molecule has 0 bridgehead atoms. The van der Waals surface area contributed by atoms with E-state index >= 15 is 0 Å². The molecule has 1 saturated heterocycles. The Kier molecular flexibility index (Phi) is 11.1. The fraction of sp³-hybridized carbons (Fsp3) is 0.706. The molecule has 0 saturated carbocycles. The van der Waals surface area contributed by atoms with Gasteiger partial charge in [-0.15, -0.1) is 35.3 Å². The molecule has 0 amide bonds. The van der Waals surface area contributed by atoms with Crippen LogP contribution >= 0.6 is 35.3 Å². The van der Waals surface area contributed by atoms with Crippen molar-refractivity contribution < 1.29 is 8.42 Å². The van der Waals surface area contributed by atoms with Gasteiger partial charge in [0.2, 0.25) is 10.0 Å². The minimum atomic E-state index is -3.42. The van der Waals surface area contributed by atoms with E-state index < -0.39 is 10.0 Å². The first-order valence-corrected chi connectivity index (χ1v) is 11.6. The van der Waals surface area contributed by atoms with Gasteiger partial charge in [-0.05, 0) is 45.1 Å². The molecule has 2 rings (SSSR count). The summed E-state index contributed by atoms with van der Waals surface area (Å²) in [4.78, 5) is 6.99. The maximum absolute atomic E-state index is 12.1. The van der Waals surface area contributed by atoms with Gasteiger partial charge in [0.05, 0.1) is 6.54 Å². The summed E-state index contributed by atoms with van der Waals surface area (Å²) in [5, 5.41) is 8.47. The number of hydrogen-bond acceptors (Lipinski definition) is 5. The van der Waals surface area contributed by atoms with Crippen LogP contribution in [0.1, 0.15) is 33.6 Å². The van der Waals surface area contributed by atoms with Crippen LogP contribution in [0.2, 0.25) is 0 Å². The molecule has 1 aromatic rings. The van der Waals surface area contributed by atoms with Gasteiger partial charge >= 0.3 is 0 Å². The molecule has 1 fully saturated rings. The predicted octanol–water partition coefficient (Wildman–Crippen LogP) is 2.07. The van der Waals surface area contributed by atoms with Crippen LogP contribution in [0.25, 0.3) is 0 Å². The van der Waals surface area contributed by atoms with Gasteiger partial charge < -0.3 is 15.5 Å². The second kappa shape index (κ2) is 12.2. The zero-order valence-corrected chi connectivity index (χ0v) is 20.2.